The van der Waals surface area contributed by atoms with E-state index in [0.29, 0.717) is 18.2 Å². The number of piperidine rings is 1. The highest BCUT2D eigenvalue weighted by molar-refractivity contribution is 4.87. The zero-order valence-electron chi connectivity index (χ0n) is 11.4. The van der Waals surface area contributed by atoms with Crippen molar-refractivity contribution >= 4 is 0 Å². The molecular formula is C14H28N2O. The zero-order valence-corrected chi connectivity index (χ0v) is 11.4. The van der Waals surface area contributed by atoms with E-state index in [4.69, 9.17) is 10.5 Å². The molecule has 1 heterocycles. The lowest BCUT2D eigenvalue weighted by atomic mass is 9.80. The SMILES string of the molecule is COC1CCN(C(C)CC2CCC2)C(CN)C1. The predicted octanol–water partition coefficient (Wildman–Crippen LogP) is 2.00. The second kappa shape index (κ2) is 6.17. The normalized spacial score (nSPS) is 33.4. The molecule has 1 saturated heterocycles. The number of nitrogens with two attached hydrogens (primary N) is 1. The van der Waals surface area contributed by atoms with E-state index >= 15 is 0 Å². The van der Waals surface area contributed by atoms with Crippen molar-refractivity contribution in [3.8, 4) is 0 Å². The Hall–Kier alpha value is -0.120. The minimum absolute atomic E-state index is 0.427. The molecule has 0 amide bonds. The van der Waals surface area contributed by atoms with Crippen LogP contribution in [0.1, 0.15) is 45.4 Å². The van der Waals surface area contributed by atoms with Crippen LogP contribution < -0.4 is 5.73 Å². The number of ether oxygens (including phenoxy) is 1. The van der Waals surface area contributed by atoms with Crippen molar-refractivity contribution in [1.82, 2.24) is 4.90 Å². The largest absolute Gasteiger partial charge is 0.381 e. The van der Waals surface area contributed by atoms with Crippen LogP contribution in [-0.4, -0.2) is 43.3 Å². The van der Waals surface area contributed by atoms with E-state index in [0.717, 1.165) is 25.4 Å². The molecule has 3 heteroatoms. The summed E-state index contributed by atoms with van der Waals surface area (Å²) in [4.78, 5) is 2.63. The van der Waals surface area contributed by atoms with Crippen LogP contribution in [0.3, 0.4) is 0 Å². The molecule has 1 saturated carbocycles. The summed E-state index contributed by atoms with van der Waals surface area (Å²) < 4.78 is 5.48. The molecular weight excluding hydrogens is 212 g/mol. The summed E-state index contributed by atoms with van der Waals surface area (Å²) in [5, 5.41) is 0. The minimum Gasteiger partial charge on any atom is -0.381 e. The van der Waals surface area contributed by atoms with Gasteiger partial charge in [0.1, 0.15) is 0 Å². The fraction of sp³-hybridized carbons (Fsp3) is 1.00. The Kier molecular flexibility index (Phi) is 4.83. The van der Waals surface area contributed by atoms with Gasteiger partial charge in [0.15, 0.2) is 0 Å². The Labute approximate surface area is 106 Å². The van der Waals surface area contributed by atoms with Crippen LogP contribution in [0.2, 0.25) is 0 Å². The van der Waals surface area contributed by atoms with E-state index in [1.54, 1.807) is 0 Å². The molecule has 0 spiro atoms. The van der Waals surface area contributed by atoms with Crippen LogP contribution >= 0.6 is 0 Å². The summed E-state index contributed by atoms with van der Waals surface area (Å²) in [7, 11) is 1.83. The van der Waals surface area contributed by atoms with Gasteiger partial charge < -0.3 is 10.5 Å². The van der Waals surface area contributed by atoms with Gasteiger partial charge >= 0.3 is 0 Å². The molecule has 1 aliphatic heterocycles. The number of hydrogen-bond donors (Lipinski definition) is 1. The molecule has 0 radical (unpaired) electrons. The third-order valence-electron chi connectivity index (χ3n) is 4.78. The summed E-state index contributed by atoms with van der Waals surface area (Å²) in [6.07, 6.45) is 8.43. The highest BCUT2D eigenvalue weighted by Gasteiger charge is 2.32. The smallest absolute Gasteiger partial charge is 0.0599 e. The highest BCUT2D eigenvalue weighted by atomic mass is 16.5. The van der Waals surface area contributed by atoms with Gasteiger partial charge in [-0.2, -0.15) is 0 Å². The van der Waals surface area contributed by atoms with Gasteiger partial charge in [0.05, 0.1) is 6.10 Å². The fourth-order valence-corrected chi connectivity index (χ4v) is 3.40. The van der Waals surface area contributed by atoms with Gasteiger partial charge in [-0.05, 0) is 32.1 Å². The van der Waals surface area contributed by atoms with E-state index in [-0.39, 0.29) is 0 Å². The molecule has 100 valence electrons. The molecule has 0 bridgehead atoms. The quantitative estimate of drug-likeness (QED) is 0.799. The molecule has 0 aromatic rings. The summed E-state index contributed by atoms with van der Waals surface area (Å²) in [6, 6.07) is 1.23. The molecule has 17 heavy (non-hydrogen) atoms. The maximum absolute atomic E-state index is 5.93. The van der Waals surface area contributed by atoms with E-state index in [1.807, 2.05) is 7.11 Å². The minimum atomic E-state index is 0.427. The van der Waals surface area contributed by atoms with Crippen LogP contribution in [-0.2, 0) is 4.74 Å². The average Bonchev–Trinajstić information content (AvgIpc) is 2.32. The van der Waals surface area contributed by atoms with Crippen LogP contribution in [0.4, 0.5) is 0 Å². The van der Waals surface area contributed by atoms with Crippen molar-refractivity contribution in [2.75, 3.05) is 20.2 Å². The van der Waals surface area contributed by atoms with Gasteiger partial charge in [-0.1, -0.05) is 19.3 Å². The second-order valence-electron chi connectivity index (χ2n) is 5.89. The second-order valence-corrected chi connectivity index (χ2v) is 5.89. The number of methoxy groups -OCH3 is 1. The molecule has 3 atom stereocenters. The lowest BCUT2D eigenvalue weighted by molar-refractivity contribution is -0.00724. The maximum atomic E-state index is 5.93. The third-order valence-corrected chi connectivity index (χ3v) is 4.78. The van der Waals surface area contributed by atoms with Crippen molar-refractivity contribution in [2.45, 2.75) is 63.6 Å². The number of rotatable bonds is 5. The topological polar surface area (TPSA) is 38.5 Å². The third kappa shape index (κ3) is 3.21. The number of hydrogen-bond acceptors (Lipinski definition) is 3. The molecule has 1 aliphatic carbocycles. The zero-order chi connectivity index (χ0) is 12.3. The molecule has 3 nitrogen and oxygen atoms in total. The number of likely N-dealkylation sites (tertiary alicyclic amines) is 1. The first-order chi connectivity index (χ1) is 8.24. The van der Waals surface area contributed by atoms with E-state index < -0.39 is 0 Å². The van der Waals surface area contributed by atoms with E-state index in [1.165, 1.54) is 32.1 Å². The van der Waals surface area contributed by atoms with Gasteiger partial charge in [-0.15, -0.1) is 0 Å². The van der Waals surface area contributed by atoms with Gasteiger partial charge in [0, 0.05) is 32.3 Å². The molecule has 3 unspecified atom stereocenters. The van der Waals surface area contributed by atoms with Crippen molar-refractivity contribution in [1.29, 1.82) is 0 Å². The van der Waals surface area contributed by atoms with E-state index in [9.17, 15) is 0 Å². The fourth-order valence-electron chi connectivity index (χ4n) is 3.40. The molecule has 2 fully saturated rings. The molecule has 2 rings (SSSR count). The lowest BCUT2D eigenvalue weighted by Crippen LogP contribution is -2.52. The first kappa shape index (κ1) is 13.3. The van der Waals surface area contributed by atoms with Crippen molar-refractivity contribution < 1.29 is 4.74 Å². The summed E-state index contributed by atoms with van der Waals surface area (Å²) >= 11 is 0. The van der Waals surface area contributed by atoms with Gasteiger partial charge in [0.25, 0.3) is 0 Å². The Balaban J connectivity index is 1.84. The first-order valence-corrected chi connectivity index (χ1v) is 7.23. The Morgan fingerprint density at radius 3 is 2.65 bits per heavy atom. The highest BCUT2D eigenvalue weighted by Crippen LogP contribution is 2.33. The maximum Gasteiger partial charge on any atom is 0.0599 e. The molecule has 0 aromatic carbocycles. The van der Waals surface area contributed by atoms with Crippen molar-refractivity contribution in [2.24, 2.45) is 11.7 Å². The Bertz CT molecular complexity index is 230. The molecule has 2 N–H and O–H groups in total. The van der Waals surface area contributed by atoms with Gasteiger partial charge in [-0.25, -0.2) is 0 Å². The van der Waals surface area contributed by atoms with Crippen LogP contribution in [0.15, 0.2) is 0 Å². The standard InChI is InChI=1S/C14H28N2O/c1-11(8-12-4-3-5-12)16-7-6-14(17-2)9-13(16)10-15/h11-14H,3-10,15H2,1-2H3. The average molecular weight is 240 g/mol. The summed E-state index contributed by atoms with van der Waals surface area (Å²) in [5.41, 5.74) is 5.93. The van der Waals surface area contributed by atoms with E-state index in [2.05, 4.69) is 11.8 Å². The summed E-state index contributed by atoms with van der Waals surface area (Å²) in [5.74, 6) is 0.989. The Morgan fingerprint density at radius 1 is 1.35 bits per heavy atom. The van der Waals surface area contributed by atoms with Crippen LogP contribution in [0.25, 0.3) is 0 Å². The predicted molar refractivity (Wildman–Crippen MR) is 71.0 cm³/mol. The lowest BCUT2D eigenvalue weighted by Gasteiger charge is -2.43. The molecule has 0 aromatic heterocycles. The van der Waals surface area contributed by atoms with Crippen molar-refractivity contribution in [3.05, 3.63) is 0 Å². The number of nitrogens with zero attached hydrogens (tertiary/aromatic N) is 1. The monoisotopic (exact) mass is 240 g/mol. The summed E-state index contributed by atoms with van der Waals surface area (Å²) in [6.45, 7) is 4.32. The van der Waals surface area contributed by atoms with Gasteiger partial charge in [0.2, 0.25) is 0 Å². The van der Waals surface area contributed by atoms with Crippen LogP contribution in [0, 0.1) is 5.92 Å². The first-order valence-electron chi connectivity index (χ1n) is 7.23. The Morgan fingerprint density at radius 2 is 2.12 bits per heavy atom. The molecule has 2 aliphatic rings. The van der Waals surface area contributed by atoms with Crippen LogP contribution in [0.5, 0.6) is 0 Å². The van der Waals surface area contributed by atoms with Gasteiger partial charge in [-0.3, -0.25) is 4.90 Å². The van der Waals surface area contributed by atoms with Crippen molar-refractivity contribution in [3.63, 3.8) is 0 Å².